The molecule has 0 heterocycles. The van der Waals surface area contributed by atoms with E-state index in [2.05, 4.69) is 282 Å². The lowest BCUT2D eigenvalue weighted by Gasteiger charge is -2.20. The number of hydrogen-bond acceptors (Lipinski definition) is 8. The van der Waals surface area contributed by atoms with E-state index in [9.17, 15) is 0 Å². The van der Waals surface area contributed by atoms with E-state index in [1.54, 1.807) is 0 Å². The van der Waals surface area contributed by atoms with Crippen LogP contribution in [0.15, 0.2) is 314 Å². The molecule has 8 nitrogen and oxygen atoms in total. The molecule has 98 heavy (non-hydrogen) atoms. The van der Waals surface area contributed by atoms with E-state index in [1.165, 1.54) is 50.1 Å². The lowest BCUT2D eigenvalue weighted by atomic mass is 9.99. The van der Waals surface area contributed by atoms with Gasteiger partial charge in [-0.05, 0) is 143 Å². The van der Waals surface area contributed by atoms with Gasteiger partial charge < -0.3 is 0 Å². The van der Waals surface area contributed by atoms with E-state index in [1.807, 2.05) is 175 Å². The van der Waals surface area contributed by atoms with Crippen LogP contribution in [0.5, 0.6) is 0 Å². The van der Waals surface area contributed by atoms with Gasteiger partial charge in [0.2, 0.25) is 0 Å². The van der Waals surface area contributed by atoms with Crippen molar-refractivity contribution in [3.8, 4) is 0 Å². The Hall–Kier alpha value is -8.70. The molecule has 0 saturated carbocycles. The Kier molecular flexibility index (Phi) is 47.8. The average Bonchev–Trinajstić information content (AvgIpc) is 0.895. The summed E-state index contributed by atoms with van der Waals surface area (Å²) in [4.78, 5) is 27.0. The van der Waals surface area contributed by atoms with Gasteiger partial charge >= 0.3 is 1.43 Å². The van der Waals surface area contributed by atoms with Crippen molar-refractivity contribution < 1.29 is 31.9 Å². The zero-order valence-electron chi connectivity index (χ0n) is 63.6. The number of hydrogen-bond donors (Lipinski definition) is 3. The zero-order chi connectivity index (χ0) is 73.8. The molecule has 524 valence electrons. The molecule has 8 aromatic carbocycles. The predicted molar refractivity (Wildman–Crippen MR) is 422 cm³/mol. The number of rotatable bonds is 11. The van der Waals surface area contributed by atoms with E-state index in [4.69, 9.17) is 25.7 Å². The van der Waals surface area contributed by atoms with Gasteiger partial charge in [-0.3, -0.25) is 15.8 Å². The maximum Gasteiger partial charge on any atom is 1.00 e. The van der Waals surface area contributed by atoms with Crippen molar-refractivity contribution in [1.82, 2.24) is 0 Å². The van der Waals surface area contributed by atoms with Crippen LogP contribution in [0.25, 0.3) is 0 Å². The Bertz CT molecular complexity index is 2970. The number of allylic oxidation sites excluding steroid dienone is 12. The van der Waals surface area contributed by atoms with Crippen LogP contribution in [0.2, 0.25) is 0 Å². The monoisotopic (exact) mass is 1330 g/mol. The highest BCUT2D eigenvalue weighted by molar-refractivity contribution is 5.42. The molecule has 0 spiro atoms. The molecule has 0 aromatic heterocycles. The van der Waals surface area contributed by atoms with Gasteiger partial charge in [0.1, 0.15) is 16.8 Å². The lowest BCUT2D eigenvalue weighted by Crippen LogP contribution is -2.19. The molecule has 8 heteroatoms. The van der Waals surface area contributed by atoms with Crippen molar-refractivity contribution in [2.24, 2.45) is 0 Å². The molecule has 10 rings (SSSR count). The quantitative estimate of drug-likeness (QED) is 0.0665. The minimum absolute atomic E-state index is 0. The summed E-state index contributed by atoms with van der Waals surface area (Å²) in [6, 6.07) is 81.3. The molecule has 0 fully saturated rings. The summed E-state index contributed by atoms with van der Waals surface area (Å²) in [5, 5.41) is 25.6. The largest absolute Gasteiger partial charge is 1.00 e. The topological polar surface area (TPSA) is 123 Å². The Morgan fingerprint density at radius 2 is 0.459 bits per heavy atom. The summed E-state index contributed by atoms with van der Waals surface area (Å²) >= 11 is 0. The smallest absolute Gasteiger partial charge is 0.251 e. The van der Waals surface area contributed by atoms with Crippen LogP contribution in [0, 0.1) is 22.8 Å². The fourth-order valence-corrected chi connectivity index (χ4v) is 8.41. The minimum atomic E-state index is -0.610. The highest BCUT2D eigenvalue weighted by Gasteiger charge is 2.22. The van der Waals surface area contributed by atoms with Gasteiger partial charge in [0.05, 0.1) is 11.1 Å². The predicted octanol–water partition coefficient (Wildman–Crippen LogP) is 26.8. The highest BCUT2D eigenvalue weighted by Crippen LogP contribution is 2.25. The first kappa shape index (κ1) is 89.3. The Morgan fingerprint density at radius 3 is 0.561 bits per heavy atom. The third-order valence-corrected chi connectivity index (χ3v) is 15.1. The second-order valence-electron chi connectivity index (χ2n) is 26.5. The van der Waals surface area contributed by atoms with Gasteiger partial charge in [0, 0.05) is 82.5 Å². The molecule has 0 atom stereocenters. The van der Waals surface area contributed by atoms with Crippen LogP contribution in [0.4, 0.5) is 0 Å². The van der Waals surface area contributed by atoms with Crippen molar-refractivity contribution in [3.63, 3.8) is 0 Å². The molecule has 0 aliphatic heterocycles. The first-order valence-electron chi connectivity index (χ1n) is 33.9. The molecular weight excluding hydrogens is 1210 g/mol. The minimum Gasteiger partial charge on any atom is -0.251 e. The molecule has 0 radical (unpaired) electrons. The maximum atomic E-state index is 8.55. The summed E-state index contributed by atoms with van der Waals surface area (Å²) in [5.41, 5.74) is 13.5. The molecule has 0 unspecified atom stereocenters. The summed E-state index contributed by atoms with van der Waals surface area (Å²) < 4.78 is 0. The van der Waals surface area contributed by atoms with E-state index in [-0.39, 0.29) is 1.43 Å². The number of benzene rings is 8. The Morgan fingerprint density at radius 1 is 0.296 bits per heavy atom. The van der Waals surface area contributed by atoms with Gasteiger partial charge in [0.15, 0.2) is 0 Å². The van der Waals surface area contributed by atoms with Gasteiger partial charge in [-0.25, -0.2) is 14.7 Å². The second-order valence-corrected chi connectivity index (χ2v) is 26.5. The summed E-state index contributed by atoms with van der Waals surface area (Å²) in [6.07, 6.45) is 20.8. The van der Waals surface area contributed by atoms with Crippen LogP contribution in [-0.2, 0) is 31.5 Å². The normalized spacial score (nSPS) is 11.4. The highest BCUT2D eigenvalue weighted by atomic mass is 17.1. The SMILES string of the molecule is CC(C)(OO)c1ccccc1.CC(C)(OO)c1ccccc1.CC(C)(OO)c1ccccc1.CC(C)=C1C=CC=C[CH+]1.CC(C)=C1C=CC=C[CH+]1.CC(C)c1ccccc1.CC(C)c1ccccc1.CC(C)c1ccccc1.CC(C)c1ccccc1.CC(C)c1ccccc1.O=O.[H+]. The molecule has 0 bridgehead atoms. The van der Waals surface area contributed by atoms with Crippen LogP contribution in [-0.4, -0.2) is 15.8 Å². The zero-order valence-corrected chi connectivity index (χ0v) is 62.6. The van der Waals surface area contributed by atoms with E-state index < -0.39 is 16.8 Å². The summed E-state index contributed by atoms with van der Waals surface area (Å²) in [7, 11) is 0. The van der Waals surface area contributed by atoms with Gasteiger partial charge in [-0.15, -0.1) is 0 Å². The van der Waals surface area contributed by atoms with Crippen LogP contribution in [0.1, 0.15) is 214 Å². The molecule has 0 amide bonds. The molecular formula is C90H119O8+3. The molecule has 8 aromatic rings. The third kappa shape index (κ3) is 40.8. The molecule has 0 saturated heterocycles. The van der Waals surface area contributed by atoms with Crippen molar-refractivity contribution in [2.45, 2.75) is 185 Å². The molecule has 2 aliphatic rings. The average molecular weight is 1330 g/mol. The maximum absolute atomic E-state index is 8.55. The standard InChI is InChI=1S/3C9H12O2.5C9H12.2C9H11.O2/c3*1-9(2,11-10)8-6-4-3-5-7-8;7*1-8(2)9-6-4-3-5-7-9;1-2/h3*3-7,10H,1-2H3;5*3-8H,1-2H3;2*3-7H,1-2H3;/q;;;;;;;;2*+1;/p+1. The van der Waals surface area contributed by atoms with Crippen LogP contribution < -0.4 is 0 Å². The first-order chi connectivity index (χ1) is 46.6. The van der Waals surface area contributed by atoms with Crippen molar-refractivity contribution in [3.05, 3.63) is 381 Å². The van der Waals surface area contributed by atoms with Gasteiger partial charge in [-0.1, -0.05) is 312 Å². The fraction of sp³-hybridized carbons (Fsp3) is 0.311. The van der Waals surface area contributed by atoms with Gasteiger partial charge in [-0.2, -0.15) is 0 Å². The van der Waals surface area contributed by atoms with E-state index >= 15 is 0 Å². The van der Waals surface area contributed by atoms with Crippen molar-refractivity contribution >= 4 is 0 Å². The Balaban J connectivity index is 0. The van der Waals surface area contributed by atoms with Crippen LogP contribution >= 0.6 is 0 Å². The van der Waals surface area contributed by atoms with Crippen LogP contribution in [0.3, 0.4) is 0 Å². The van der Waals surface area contributed by atoms with E-state index in [0.29, 0.717) is 29.6 Å². The lowest BCUT2D eigenvalue weighted by molar-refractivity contribution is -0.318. The second kappa shape index (κ2) is 52.4. The molecule has 2 aliphatic carbocycles. The first-order valence-corrected chi connectivity index (χ1v) is 33.9. The van der Waals surface area contributed by atoms with Crippen molar-refractivity contribution in [2.75, 3.05) is 0 Å². The Labute approximate surface area is 594 Å². The van der Waals surface area contributed by atoms with Crippen molar-refractivity contribution in [1.29, 1.82) is 0 Å². The van der Waals surface area contributed by atoms with E-state index in [0.717, 1.165) is 16.7 Å². The fourth-order valence-electron chi connectivity index (χ4n) is 8.41. The molecule has 3 N–H and O–H groups in total. The summed E-state index contributed by atoms with van der Waals surface area (Å²) in [6.45, 7) is 41.4. The third-order valence-electron chi connectivity index (χ3n) is 15.1. The van der Waals surface area contributed by atoms with Gasteiger partial charge in [0.25, 0.3) is 0 Å². The summed E-state index contributed by atoms with van der Waals surface area (Å²) in [5.74, 6) is 3.29.